The molecule has 0 amide bonds. The predicted octanol–water partition coefficient (Wildman–Crippen LogP) is 5.55. The third-order valence-electron chi connectivity index (χ3n) is 5.16. The van der Waals surface area contributed by atoms with E-state index in [0.717, 1.165) is 28.1 Å². The fourth-order valence-electron chi connectivity index (χ4n) is 3.59. The Kier molecular flexibility index (Phi) is 5.09. The van der Waals surface area contributed by atoms with Crippen molar-refractivity contribution in [3.05, 3.63) is 87.6 Å². The molecule has 5 aromatic rings. The first kappa shape index (κ1) is 21.1. The predicted molar refractivity (Wildman–Crippen MR) is 118 cm³/mol. The minimum atomic E-state index is -4.42. The Labute approximate surface area is 189 Å². The van der Waals surface area contributed by atoms with Crippen LogP contribution in [0.3, 0.4) is 0 Å². The van der Waals surface area contributed by atoms with Gasteiger partial charge in [0.05, 0.1) is 17.3 Å². The molecule has 166 valence electrons. The molecule has 3 heterocycles. The summed E-state index contributed by atoms with van der Waals surface area (Å²) in [5.74, 6) is 0.276. The van der Waals surface area contributed by atoms with Crippen LogP contribution in [0.5, 0.6) is 0 Å². The van der Waals surface area contributed by atoms with Crippen molar-refractivity contribution in [3.63, 3.8) is 0 Å². The molecule has 0 atom stereocenters. The normalized spacial score (nSPS) is 11.9. The van der Waals surface area contributed by atoms with Crippen molar-refractivity contribution in [1.29, 1.82) is 0 Å². The van der Waals surface area contributed by atoms with E-state index in [-0.39, 0.29) is 23.8 Å². The van der Waals surface area contributed by atoms with E-state index in [9.17, 15) is 18.0 Å². The number of benzene rings is 2. The molecule has 33 heavy (non-hydrogen) atoms. The number of halogens is 3. The summed E-state index contributed by atoms with van der Waals surface area (Å²) in [5, 5.41) is 4.36. The lowest BCUT2D eigenvalue weighted by molar-refractivity contribution is -0.137. The molecule has 0 unspecified atom stereocenters. The summed E-state index contributed by atoms with van der Waals surface area (Å²) < 4.78 is 44.9. The van der Waals surface area contributed by atoms with Gasteiger partial charge in [-0.3, -0.25) is 9.36 Å². The largest absolute Gasteiger partial charge is 0.416 e. The lowest BCUT2D eigenvalue weighted by atomic mass is 10.0. The summed E-state index contributed by atoms with van der Waals surface area (Å²) in [6.45, 7) is 1.94. The van der Waals surface area contributed by atoms with Crippen LogP contribution in [0, 0.1) is 6.92 Å². The van der Waals surface area contributed by atoms with Crippen LogP contribution < -0.4 is 5.56 Å². The molecule has 0 saturated heterocycles. The van der Waals surface area contributed by atoms with Gasteiger partial charge in [0.2, 0.25) is 11.7 Å². The first-order chi connectivity index (χ1) is 15.8. The van der Waals surface area contributed by atoms with Crippen molar-refractivity contribution in [1.82, 2.24) is 19.7 Å². The minimum Gasteiger partial charge on any atom is -0.337 e. The lowest BCUT2D eigenvalue weighted by Crippen LogP contribution is -2.21. The van der Waals surface area contributed by atoms with Gasteiger partial charge in [-0.2, -0.15) is 18.2 Å². The first-order valence-corrected chi connectivity index (χ1v) is 10.7. The van der Waals surface area contributed by atoms with E-state index in [4.69, 9.17) is 4.52 Å². The van der Waals surface area contributed by atoms with Crippen LogP contribution in [0.15, 0.2) is 70.2 Å². The van der Waals surface area contributed by atoms with Gasteiger partial charge in [0.1, 0.15) is 11.4 Å². The molecule has 10 heteroatoms. The average molecular weight is 468 g/mol. The van der Waals surface area contributed by atoms with Crippen LogP contribution in [0.25, 0.3) is 32.7 Å². The van der Waals surface area contributed by atoms with Gasteiger partial charge in [-0.05, 0) is 24.6 Å². The Bertz CT molecular complexity index is 1500. The molecule has 0 spiro atoms. The van der Waals surface area contributed by atoms with E-state index in [2.05, 4.69) is 15.1 Å². The molecule has 0 aliphatic rings. The van der Waals surface area contributed by atoms with Gasteiger partial charge in [0.25, 0.3) is 5.56 Å². The van der Waals surface area contributed by atoms with Crippen molar-refractivity contribution >= 4 is 21.6 Å². The third kappa shape index (κ3) is 3.93. The van der Waals surface area contributed by atoms with Crippen molar-refractivity contribution in [2.45, 2.75) is 19.6 Å². The summed E-state index contributed by atoms with van der Waals surface area (Å²) in [5.41, 5.74) is 1.15. The summed E-state index contributed by atoms with van der Waals surface area (Å²) in [6, 6.07) is 14.1. The van der Waals surface area contributed by atoms with Crippen LogP contribution in [-0.2, 0) is 12.7 Å². The Morgan fingerprint density at radius 3 is 2.45 bits per heavy atom. The maximum absolute atomic E-state index is 13.3. The highest BCUT2D eigenvalue weighted by molar-refractivity contribution is 7.19. The second kappa shape index (κ2) is 7.96. The Balaban J connectivity index is 1.48. The van der Waals surface area contributed by atoms with Crippen LogP contribution >= 0.6 is 11.3 Å². The van der Waals surface area contributed by atoms with Gasteiger partial charge >= 0.3 is 6.18 Å². The molecule has 5 rings (SSSR count). The van der Waals surface area contributed by atoms with E-state index in [1.165, 1.54) is 34.4 Å². The van der Waals surface area contributed by atoms with Crippen molar-refractivity contribution in [2.24, 2.45) is 0 Å². The van der Waals surface area contributed by atoms with E-state index in [1.54, 1.807) is 0 Å². The van der Waals surface area contributed by atoms with Crippen molar-refractivity contribution in [2.75, 3.05) is 0 Å². The number of fused-ring (bicyclic) bond motifs is 1. The molecule has 0 saturated carbocycles. The second-order valence-electron chi connectivity index (χ2n) is 7.34. The number of aryl methyl sites for hydroxylation is 1. The number of hydrogen-bond donors (Lipinski definition) is 0. The number of hydrogen-bond acceptors (Lipinski definition) is 6. The number of thiophene rings is 1. The summed E-state index contributed by atoms with van der Waals surface area (Å²) >= 11 is 1.45. The van der Waals surface area contributed by atoms with Crippen LogP contribution in [0.2, 0.25) is 0 Å². The summed E-state index contributed by atoms with van der Waals surface area (Å²) in [4.78, 5) is 23.6. The van der Waals surface area contributed by atoms with Gasteiger partial charge in [0, 0.05) is 16.0 Å². The molecule has 0 aliphatic heterocycles. The summed E-state index contributed by atoms with van der Waals surface area (Å²) in [6.07, 6.45) is -3.00. The number of nitrogens with zero attached hydrogens (tertiary/aromatic N) is 4. The topological polar surface area (TPSA) is 73.8 Å². The molecule has 0 radical (unpaired) electrons. The molecule has 0 bridgehead atoms. The number of alkyl halides is 3. The monoisotopic (exact) mass is 468 g/mol. The Hall–Kier alpha value is -3.79. The first-order valence-electron chi connectivity index (χ1n) is 9.85. The van der Waals surface area contributed by atoms with Crippen molar-refractivity contribution < 1.29 is 17.7 Å². The lowest BCUT2D eigenvalue weighted by Gasteiger charge is -2.05. The zero-order valence-corrected chi connectivity index (χ0v) is 17.9. The van der Waals surface area contributed by atoms with Gasteiger partial charge in [-0.1, -0.05) is 47.6 Å². The van der Waals surface area contributed by atoms with E-state index in [0.29, 0.717) is 15.8 Å². The highest BCUT2D eigenvalue weighted by atomic mass is 32.1. The fraction of sp³-hybridized carbons (Fsp3) is 0.130. The molecule has 2 aromatic carbocycles. The van der Waals surface area contributed by atoms with Crippen molar-refractivity contribution in [3.8, 4) is 22.5 Å². The number of aromatic nitrogens is 4. The minimum absolute atomic E-state index is 0.0153. The Morgan fingerprint density at radius 2 is 1.76 bits per heavy atom. The fourth-order valence-corrected chi connectivity index (χ4v) is 4.60. The molecular weight excluding hydrogens is 453 g/mol. The smallest absolute Gasteiger partial charge is 0.337 e. The third-order valence-corrected chi connectivity index (χ3v) is 6.17. The maximum atomic E-state index is 13.3. The van der Waals surface area contributed by atoms with E-state index < -0.39 is 11.7 Å². The molecule has 6 nitrogen and oxygen atoms in total. The molecule has 0 aliphatic carbocycles. The van der Waals surface area contributed by atoms with E-state index in [1.807, 2.05) is 37.3 Å². The highest BCUT2D eigenvalue weighted by Crippen LogP contribution is 2.35. The molecule has 0 N–H and O–H groups in total. The zero-order valence-electron chi connectivity index (χ0n) is 17.1. The van der Waals surface area contributed by atoms with E-state index >= 15 is 0 Å². The van der Waals surface area contributed by atoms with Gasteiger partial charge < -0.3 is 4.52 Å². The molecule has 0 fully saturated rings. The zero-order chi connectivity index (χ0) is 23.2. The molecular formula is C23H15F3N4O2S. The van der Waals surface area contributed by atoms with Crippen LogP contribution in [-0.4, -0.2) is 19.7 Å². The van der Waals surface area contributed by atoms with Gasteiger partial charge in [-0.15, -0.1) is 11.3 Å². The van der Waals surface area contributed by atoms with Crippen LogP contribution in [0.4, 0.5) is 13.2 Å². The van der Waals surface area contributed by atoms with Crippen LogP contribution in [0.1, 0.15) is 16.3 Å². The van der Waals surface area contributed by atoms with Gasteiger partial charge in [-0.25, -0.2) is 4.98 Å². The van der Waals surface area contributed by atoms with Gasteiger partial charge in [0.15, 0.2) is 0 Å². The quantitative estimate of drug-likeness (QED) is 0.346. The molecule has 3 aromatic heterocycles. The average Bonchev–Trinajstić information content (AvgIpc) is 3.40. The highest BCUT2D eigenvalue weighted by Gasteiger charge is 2.30. The number of rotatable bonds is 4. The maximum Gasteiger partial charge on any atom is 0.416 e. The second-order valence-corrected chi connectivity index (χ2v) is 8.55. The SMILES string of the molecule is Cc1sc2ncn(Cc3nc(-c4ccc(C(F)(F)F)cc4)no3)c(=O)c2c1-c1ccccc1. The summed E-state index contributed by atoms with van der Waals surface area (Å²) in [7, 11) is 0. The Morgan fingerprint density at radius 1 is 1.03 bits per heavy atom. The standard InChI is InChI=1S/C23H15F3N4O2S/c1-13-18(14-5-3-2-4-6-14)19-21(33-13)27-12-30(22(19)31)11-17-28-20(29-32-17)15-7-9-16(10-8-15)23(24,25)26/h2-10,12H,11H2,1H3.